The summed E-state index contributed by atoms with van der Waals surface area (Å²) in [4.78, 5) is 15.1. The Morgan fingerprint density at radius 2 is 2.33 bits per heavy atom. The quantitative estimate of drug-likeness (QED) is 0.820. The van der Waals surface area contributed by atoms with Crippen molar-refractivity contribution in [2.75, 3.05) is 0 Å². The fourth-order valence-corrected chi connectivity index (χ4v) is 1.98. The maximum Gasteiger partial charge on any atom is 0.320 e. The van der Waals surface area contributed by atoms with Crippen LogP contribution in [0, 0.1) is 5.82 Å². The van der Waals surface area contributed by atoms with E-state index in [9.17, 15) is 9.18 Å². The zero-order valence-corrected chi connectivity index (χ0v) is 11.7. The summed E-state index contributed by atoms with van der Waals surface area (Å²) in [6, 6.07) is 5.39. The maximum absolute atomic E-state index is 13.1. The first-order chi connectivity index (χ1) is 10.1. The Labute approximate surface area is 121 Å². The Morgan fingerprint density at radius 3 is 3.00 bits per heavy atom. The predicted molar refractivity (Wildman–Crippen MR) is 75.1 cm³/mol. The van der Waals surface area contributed by atoms with E-state index in [2.05, 4.69) is 10.3 Å². The van der Waals surface area contributed by atoms with E-state index in [1.807, 2.05) is 6.92 Å². The number of aromatic nitrogens is 1. The number of nitrogens with one attached hydrogen (secondary N) is 1. The van der Waals surface area contributed by atoms with Gasteiger partial charge in [0.15, 0.2) is 5.76 Å². The third-order valence-corrected chi connectivity index (χ3v) is 3.04. The lowest BCUT2D eigenvalue weighted by Crippen LogP contribution is -2.36. The second-order valence-electron chi connectivity index (χ2n) is 4.69. The van der Waals surface area contributed by atoms with Crippen molar-refractivity contribution in [1.82, 2.24) is 10.3 Å². The fourth-order valence-electron chi connectivity index (χ4n) is 1.98. The molecule has 5 nitrogen and oxygen atoms in total. The van der Waals surface area contributed by atoms with Gasteiger partial charge in [0.2, 0.25) is 5.89 Å². The Kier molecular flexibility index (Phi) is 5.05. The molecule has 2 rings (SSSR count). The molecular formula is C15H17FN2O3. The van der Waals surface area contributed by atoms with Gasteiger partial charge in [-0.05, 0) is 18.6 Å². The third kappa shape index (κ3) is 4.13. The highest BCUT2D eigenvalue weighted by atomic mass is 19.1. The second-order valence-corrected chi connectivity index (χ2v) is 4.69. The average Bonchev–Trinajstić information content (AvgIpc) is 2.92. The van der Waals surface area contributed by atoms with Crippen LogP contribution in [0.4, 0.5) is 4.39 Å². The lowest BCUT2D eigenvalue weighted by Gasteiger charge is -2.11. The number of carboxylic acids is 1. The van der Waals surface area contributed by atoms with Crippen molar-refractivity contribution in [2.24, 2.45) is 0 Å². The molecule has 1 aromatic carbocycles. The summed E-state index contributed by atoms with van der Waals surface area (Å²) in [7, 11) is 0. The van der Waals surface area contributed by atoms with Crippen LogP contribution in [-0.2, 0) is 11.3 Å². The minimum atomic E-state index is -0.895. The van der Waals surface area contributed by atoms with Gasteiger partial charge < -0.3 is 9.52 Å². The summed E-state index contributed by atoms with van der Waals surface area (Å²) in [5.41, 5.74) is 0.595. The van der Waals surface area contributed by atoms with E-state index in [4.69, 9.17) is 9.52 Å². The molecule has 2 aromatic rings. The summed E-state index contributed by atoms with van der Waals surface area (Å²) in [5, 5.41) is 11.9. The molecule has 0 aliphatic rings. The Hall–Kier alpha value is -2.21. The highest BCUT2D eigenvalue weighted by molar-refractivity contribution is 5.73. The zero-order chi connectivity index (χ0) is 15.2. The molecule has 6 heteroatoms. The van der Waals surface area contributed by atoms with E-state index < -0.39 is 12.0 Å². The van der Waals surface area contributed by atoms with Crippen molar-refractivity contribution in [3.05, 3.63) is 42.2 Å². The van der Waals surface area contributed by atoms with E-state index in [1.165, 1.54) is 18.3 Å². The minimum Gasteiger partial charge on any atom is -0.480 e. The number of carbonyl (C=O) groups is 1. The first-order valence-corrected chi connectivity index (χ1v) is 6.77. The summed E-state index contributed by atoms with van der Waals surface area (Å²) in [6.07, 6.45) is 2.80. The van der Waals surface area contributed by atoms with Crippen molar-refractivity contribution in [2.45, 2.75) is 32.4 Å². The number of halogens is 1. The Balaban J connectivity index is 2.02. The van der Waals surface area contributed by atoms with Crippen LogP contribution < -0.4 is 5.32 Å². The minimum absolute atomic E-state index is 0.215. The highest BCUT2D eigenvalue weighted by Gasteiger charge is 2.16. The highest BCUT2D eigenvalue weighted by Crippen LogP contribution is 2.21. The van der Waals surface area contributed by atoms with Gasteiger partial charge in [0.05, 0.1) is 12.7 Å². The molecule has 1 aromatic heterocycles. The summed E-state index contributed by atoms with van der Waals surface area (Å²) in [5.74, 6) is -0.420. The van der Waals surface area contributed by atoms with Crippen LogP contribution in [-0.4, -0.2) is 22.1 Å². The van der Waals surface area contributed by atoms with E-state index in [0.717, 1.165) is 6.42 Å². The largest absolute Gasteiger partial charge is 0.480 e. The van der Waals surface area contributed by atoms with Crippen LogP contribution in [0.5, 0.6) is 0 Å². The van der Waals surface area contributed by atoms with Crippen molar-refractivity contribution in [1.29, 1.82) is 0 Å². The molecule has 0 fully saturated rings. The van der Waals surface area contributed by atoms with Gasteiger partial charge in [0.25, 0.3) is 0 Å². The zero-order valence-electron chi connectivity index (χ0n) is 11.7. The number of aliphatic carboxylic acids is 1. The van der Waals surface area contributed by atoms with Gasteiger partial charge in [-0.25, -0.2) is 9.37 Å². The lowest BCUT2D eigenvalue weighted by molar-refractivity contribution is -0.139. The molecule has 1 heterocycles. The van der Waals surface area contributed by atoms with Gasteiger partial charge in [-0.2, -0.15) is 0 Å². The molecule has 0 bridgehead atoms. The monoisotopic (exact) mass is 292 g/mol. The third-order valence-electron chi connectivity index (χ3n) is 3.04. The molecule has 1 unspecified atom stereocenters. The SMILES string of the molecule is CCCC(NCc1ncc(-c2cccc(F)c2)o1)C(=O)O. The van der Waals surface area contributed by atoms with Gasteiger partial charge in [-0.15, -0.1) is 0 Å². The number of oxazole rings is 1. The van der Waals surface area contributed by atoms with Crippen LogP contribution in [0.3, 0.4) is 0 Å². The van der Waals surface area contributed by atoms with Gasteiger partial charge in [0.1, 0.15) is 11.9 Å². The fraction of sp³-hybridized carbons (Fsp3) is 0.333. The van der Waals surface area contributed by atoms with Crippen molar-refractivity contribution in [3.63, 3.8) is 0 Å². The average molecular weight is 292 g/mol. The van der Waals surface area contributed by atoms with Crippen LogP contribution in [0.2, 0.25) is 0 Å². The van der Waals surface area contributed by atoms with Gasteiger partial charge in [-0.3, -0.25) is 10.1 Å². The first-order valence-electron chi connectivity index (χ1n) is 6.77. The van der Waals surface area contributed by atoms with Gasteiger partial charge in [-0.1, -0.05) is 25.5 Å². The first kappa shape index (κ1) is 15.2. The number of rotatable bonds is 7. The molecule has 0 saturated heterocycles. The number of nitrogens with zero attached hydrogens (tertiary/aromatic N) is 1. The standard InChI is InChI=1S/C15H17FN2O3/c1-2-4-12(15(19)20)17-9-14-18-8-13(21-14)10-5-3-6-11(16)7-10/h3,5-8,12,17H,2,4,9H2,1H3,(H,19,20). The molecule has 0 amide bonds. The summed E-state index contributed by atoms with van der Waals surface area (Å²) < 4.78 is 18.6. The summed E-state index contributed by atoms with van der Waals surface area (Å²) >= 11 is 0. The second kappa shape index (κ2) is 6.99. The topological polar surface area (TPSA) is 75.4 Å². The molecule has 0 spiro atoms. The van der Waals surface area contributed by atoms with Crippen LogP contribution in [0.1, 0.15) is 25.7 Å². The lowest BCUT2D eigenvalue weighted by atomic mass is 10.2. The van der Waals surface area contributed by atoms with Gasteiger partial charge in [0, 0.05) is 5.56 Å². The molecule has 2 N–H and O–H groups in total. The van der Waals surface area contributed by atoms with E-state index in [-0.39, 0.29) is 12.4 Å². The number of benzene rings is 1. The molecule has 0 aliphatic heterocycles. The van der Waals surface area contributed by atoms with Crippen molar-refractivity contribution < 1.29 is 18.7 Å². The van der Waals surface area contributed by atoms with Crippen LogP contribution in [0.15, 0.2) is 34.9 Å². The normalized spacial score (nSPS) is 12.3. The number of carboxylic acid groups (broad SMARTS) is 1. The molecule has 0 saturated carbocycles. The van der Waals surface area contributed by atoms with E-state index in [0.29, 0.717) is 23.6 Å². The summed E-state index contributed by atoms with van der Waals surface area (Å²) in [6.45, 7) is 2.14. The van der Waals surface area contributed by atoms with E-state index in [1.54, 1.807) is 12.1 Å². The van der Waals surface area contributed by atoms with E-state index >= 15 is 0 Å². The molecule has 0 aliphatic carbocycles. The van der Waals surface area contributed by atoms with Crippen molar-refractivity contribution in [3.8, 4) is 11.3 Å². The van der Waals surface area contributed by atoms with Gasteiger partial charge >= 0.3 is 5.97 Å². The number of hydrogen-bond donors (Lipinski definition) is 2. The predicted octanol–water partition coefficient (Wildman–Crippen LogP) is 2.82. The molecule has 112 valence electrons. The smallest absolute Gasteiger partial charge is 0.320 e. The molecular weight excluding hydrogens is 275 g/mol. The molecule has 0 radical (unpaired) electrons. The number of hydrogen-bond acceptors (Lipinski definition) is 4. The van der Waals surface area contributed by atoms with Crippen LogP contribution >= 0.6 is 0 Å². The Morgan fingerprint density at radius 1 is 1.52 bits per heavy atom. The maximum atomic E-state index is 13.1. The molecule has 21 heavy (non-hydrogen) atoms. The van der Waals surface area contributed by atoms with Crippen molar-refractivity contribution >= 4 is 5.97 Å². The molecule has 1 atom stereocenters. The van der Waals surface area contributed by atoms with Crippen LogP contribution in [0.25, 0.3) is 11.3 Å². The Bertz CT molecular complexity index is 612.